The first-order valence-corrected chi connectivity index (χ1v) is 8.42. The van der Waals surface area contributed by atoms with Crippen LogP contribution in [0, 0.1) is 6.92 Å². The number of hydrogen-bond donors (Lipinski definition) is 0. The van der Waals surface area contributed by atoms with Gasteiger partial charge < -0.3 is 9.47 Å². The van der Waals surface area contributed by atoms with E-state index in [1.165, 1.54) is 18.4 Å². The van der Waals surface area contributed by atoms with Crippen molar-refractivity contribution in [3.05, 3.63) is 29.5 Å². The van der Waals surface area contributed by atoms with Gasteiger partial charge in [0, 0.05) is 13.1 Å². The highest BCUT2D eigenvalue weighted by atomic mass is 32.1. The summed E-state index contributed by atoms with van der Waals surface area (Å²) in [5.41, 5.74) is 0.460. The zero-order chi connectivity index (χ0) is 18.2. The smallest absolute Gasteiger partial charge is 0.435 e. The van der Waals surface area contributed by atoms with Crippen molar-refractivity contribution in [2.75, 3.05) is 6.61 Å². The van der Waals surface area contributed by atoms with Gasteiger partial charge in [0.1, 0.15) is 5.52 Å². The highest BCUT2D eigenvalue weighted by Gasteiger charge is 2.35. The Labute approximate surface area is 146 Å². The third-order valence-electron chi connectivity index (χ3n) is 3.36. The molecule has 0 saturated carbocycles. The molecule has 0 spiro atoms. The zero-order valence-corrected chi connectivity index (χ0v) is 14.7. The summed E-state index contributed by atoms with van der Waals surface area (Å²) in [5.74, 6) is 0.359. The second-order valence-electron chi connectivity index (χ2n) is 5.53. The summed E-state index contributed by atoms with van der Waals surface area (Å²) in [6.07, 6.45) is -3.67. The third-order valence-corrected chi connectivity index (χ3v) is 4.27. The Hall–Kier alpha value is -2.29. The van der Waals surface area contributed by atoms with E-state index in [1.54, 1.807) is 6.07 Å². The molecule has 0 aliphatic heterocycles. The zero-order valence-electron chi connectivity index (χ0n) is 13.8. The molecule has 5 nitrogen and oxygen atoms in total. The maximum atomic E-state index is 12.8. The molecule has 0 amide bonds. The molecule has 0 N–H and O–H groups in total. The SMILES string of the molecule is CCCOc1nc2c(Oc3cc(C(F)(F)F)nn3C)cc(C)cc2s1. The first-order chi connectivity index (χ1) is 11.8. The Morgan fingerprint density at radius 3 is 2.64 bits per heavy atom. The second kappa shape index (κ2) is 6.55. The highest BCUT2D eigenvalue weighted by Crippen LogP contribution is 2.38. The molecule has 0 radical (unpaired) electrons. The van der Waals surface area contributed by atoms with Crippen LogP contribution in [0.15, 0.2) is 18.2 Å². The molecule has 0 unspecified atom stereocenters. The lowest BCUT2D eigenvalue weighted by Gasteiger charge is -2.07. The Morgan fingerprint density at radius 2 is 2.00 bits per heavy atom. The summed E-state index contributed by atoms with van der Waals surface area (Å²) in [4.78, 5) is 4.39. The summed E-state index contributed by atoms with van der Waals surface area (Å²) in [5, 5.41) is 3.96. The summed E-state index contributed by atoms with van der Waals surface area (Å²) in [6.45, 7) is 4.42. The number of alkyl halides is 3. The normalized spacial score (nSPS) is 11.9. The molecule has 0 aliphatic carbocycles. The van der Waals surface area contributed by atoms with Crippen molar-refractivity contribution in [3.63, 3.8) is 0 Å². The van der Waals surface area contributed by atoms with E-state index in [9.17, 15) is 13.2 Å². The van der Waals surface area contributed by atoms with Gasteiger partial charge in [0.15, 0.2) is 11.4 Å². The van der Waals surface area contributed by atoms with Crippen LogP contribution in [-0.4, -0.2) is 21.4 Å². The van der Waals surface area contributed by atoms with Gasteiger partial charge in [0.05, 0.1) is 11.3 Å². The molecular weight excluding hydrogens is 355 g/mol. The van der Waals surface area contributed by atoms with Gasteiger partial charge in [-0.2, -0.15) is 23.3 Å². The van der Waals surface area contributed by atoms with E-state index in [0.29, 0.717) is 23.1 Å². The van der Waals surface area contributed by atoms with Crippen LogP contribution in [0.4, 0.5) is 13.2 Å². The van der Waals surface area contributed by atoms with Crippen molar-refractivity contribution >= 4 is 21.6 Å². The van der Waals surface area contributed by atoms with Crippen molar-refractivity contribution < 1.29 is 22.6 Å². The number of thiazole rings is 1. The minimum atomic E-state index is -4.52. The molecule has 2 aromatic heterocycles. The van der Waals surface area contributed by atoms with Crippen LogP contribution in [0.1, 0.15) is 24.6 Å². The molecule has 0 bridgehead atoms. The summed E-state index contributed by atoms with van der Waals surface area (Å²) in [6, 6.07) is 4.53. The van der Waals surface area contributed by atoms with Gasteiger partial charge >= 0.3 is 6.18 Å². The molecule has 3 aromatic rings. The topological polar surface area (TPSA) is 49.2 Å². The number of hydrogen-bond acceptors (Lipinski definition) is 5. The summed E-state index contributed by atoms with van der Waals surface area (Å²) >= 11 is 1.37. The lowest BCUT2D eigenvalue weighted by molar-refractivity contribution is -0.141. The van der Waals surface area contributed by atoms with E-state index in [1.807, 2.05) is 19.9 Å². The number of benzene rings is 1. The summed E-state index contributed by atoms with van der Waals surface area (Å²) in [7, 11) is 1.40. The maximum Gasteiger partial charge on any atom is 0.435 e. The van der Waals surface area contributed by atoms with E-state index in [2.05, 4.69) is 10.1 Å². The maximum absolute atomic E-state index is 12.8. The van der Waals surface area contributed by atoms with Crippen molar-refractivity contribution in [1.82, 2.24) is 14.8 Å². The first-order valence-electron chi connectivity index (χ1n) is 7.61. The lowest BCUT2D eigenvalue weighted by Crippen LogP contribution is -2.06. The molecule has 2 heterocycles. The predicted molar refractivity (Wildman–Crippen MR) is 88.4 cm³/mol. The fourth-order valence-corrected chi connectivity index (χ4v) is 3.19. The van der Waals surface area contributed by atoms with Gasteiger partial charge in [0.25, 0.3) is 5.19 Å². The van der Waals surface area contributed by atoms with Crippen LogP contribution in [0.25, 0.3) is 10.2 Å². The largest absolute Gasteiger partial charge is 0.470 e. The van der Waals surface area contributed by atoms with Gasteiger partial charge in [0.2, 0.25) is 5.88 Å². The highest BCUT2D eigenvalue weighted by molar-refractivity contribution is 7.20. The monoisotopic (exact) mass is 371 g/mol. The van der Waals surface area contributed by atoms with E-state index in [4.69, 9.17) is 9.47 Å². The standard InChI is InChI=1S/C16H16F3N3O2S/c1-4-5-23-15-20-14-10(6-9(2)7-11(14)25-15)24-13-8-12(16(17,18)19)21-22(13)3/h6-8H,4-5H2,1-3H3. The Bertz CT molecular complexity index is 902. The first kappa shape index (κ1) is 17.5. The number of rotatable bonds is 5. The molecule has 0 aliphatic rings. The molecule has 0 atom stereocenters. The Balaban J connectivity index is 1.98. The van der Waals surface area contributed by atoms with Crippen molar-refractivity contribution in [2.24, 2.45) is 7.05 Å². The molecule has 0 saturated heterocycles. The average molecular weight is 371 g/mol. The molecule has 134 valence electrons. The van der Waals surface area contributed by atoms with Gasteiger partial charge in [-0.15, -0.1) is 0 Å². The number of aryl methyl sites for hydroxylation is 2. The van der Waals surface area contributed by atoms with E-state index in [-0.39, 0.29) is 5.88 Å². The minimum Gasteiger partial charge on any atom is -0.470 e. The van der Waals surface area contributed by atoms with Crippen LogP contribution < -0.4 is 9.47 Å². The molecule has 3 rings (SSSR count). The molecule has 9 heteroatoms. The number of ether oxygens (including phenoxy) is 2. The van der Waals surface area contributed by atoms with Crippen LogP contribution in [-0.2, 0) is 13.2 Å². The van der Waals surface area contributed by atoms with Crippen LogP contribution in [0.3, 0.4) is 0 Å². The molecular formula is C16H16F3N3O2S. The van der Waals surface area contributed by atoms with E-state index >= 15 is 0 Å². The quantitative estimate of drug-likeness (QED) is 0.638. The van der Waals surface area contributed by atoms with Gasteiger partial charge in [-0.25, -0.2) is 4.68 Å². The number of fused-ring (bicyclic) bond motifs is 1. The van der Waals surface area contributed by atoms with Crippen molar-refractivity contribution in [2.45, 2.75) is 26.4 Å². The Kier molecular flexibility index (Phi) is 4.59. The van der Waals surface area contributed by atoms with Gasteiger partial charge in [-0.1, -0.05) is 18.3 Å². The van der Waals surface area contributed by atoms with Gasteiger partial charge in [-0.05, 0) is 31.0 Å². The molecule has 1 aromatic carbocycles. The predicted octanol–water partition coefficient (Wildman–Crippen LogP) is 4.94. The lowest BCUT2D eigenvalue weighted by atomic mass is 10.2. The van der Waals surface area contributed by atoms with Crippen LogP contribution in [0.2, 0.25) is 0 Å². The average Bonchev–Trinajstić information content (AvgIpc) is 3.08. The van der Waals surface area contributed by atoms with Crippen LogP contribution >= 0.6 is 11.3 Å². The number of aromatic nitrogens is 3. The fraction of sp³-hybridized carbons (Fsp3) is 0.375. The van der Waals surface area contributed by atoms with E-state index in [0.717, 1.165) is 27.4 Å². The fourth-order valence-electron chi connectivity index (χ4n) is 2.24. The van der Waals surface area contributed by atoms with Crippen LogP contribution in [0.5, 0.6) is 16.8 Å². The van der Waals surface area contributed by atoms with Crippen molar-refractivity contribution in [3.8, 4) is 16.8 Å². The third kappa shape index (κ3) is 3.71. The van der Waals surface area contributed by atoms with Crippen molar-refractivity contribution in [1.29, 1.82) is 0 Å². The number of nitrogens with zero attached hydrogens (tertiary/aromatic N) is 3. The molecule has 0 fully saturated rings. The van der Waals surface area contributed by atoms with Gasteiger partial charge in [-0.3, -0.25) is 0 Å². The second-order valence-corrected chi connectivity index (χ2v) is 6.52. The summed E-state index contributed by atoms with van der Waals surface area (Å²) < 4.78 is 51.5. The minimum absolute atomic E-state index is 0.0109. The number of halogens is 3. The Morgan fingerprint density at radius 1 is 1.24 bits per heavy atom. The van der Waals surface area contributed by atoms with E-state index < -0.39 is 11.9 Å². The molecule has 25 heavy (non-hydrogen) atoms.